The van der Waals surface area contributed by atoms with Crippen LogP contribution in [0.5, 0.6) is 5.75 Å². The van der Waals surface area contributed by atoms with Crippen molar-refractivity contribution in [2.75, 3.05) is 6.61 Å². The third-order valence-electron chi connectivity index (χ3n) is 5.76. The Morgan fingerprint density at radius 1 is 0.929 bits per heavy atom. The molecule has 28 heavy (non-hydrogen) atoms. The molecule has 1 saturated carbocycles. The van der Waals surface area contributed by atoms with E-state index in [9.17, 15) is 5.26 Å². The molecular weight excluding hydrogens is 342 g/mol. The van der Waals surface area contributed by atoms with Crippen LogP contribution in [0.15, 0.2) is 42.5 Å². The Labute approximate surface area is 170 Å². The maximum Gasteiger partial charge on any atom is 0.137 e. The van der Waals surface area contributed by atoms with Gasteiger partial charge in [-0.15, -0.1) is 0 Å². The lowest BCUT2D eigenvalue weighted by Crippen LogP contribution is -2.04. The molecule has 2 aromatic rings. The van der Waals surface area contributed by atoms with E-state index in [-0.39, 0.29) is 0 Å². The van der Waals surface area contributed by atoms with Gasteiger partial charge in [0, 0.05) is 0 Å². The summed E-state index contributed by atoms with van der Waals surface area (Å²) < 4.78 is 5.87. The molecule has 3 rings (SSSR count). The summed E-state index contributed by atoms with van der Waals surface area (Å²) >= 11 is 0. The second-order valence-electron chi connectivity index (χ2n) is 7.85. The molecule has 0 aliphatic heterocycles. The predicted octanol–water partition coefficient (Wildman–Crippen LogP) is 7.44. The smallest absolute Gasteiger partial charge is 0.137 e. The van der Waals surface area contributed by atoms with Crippen LogP contribution >= 0.6 is 0 Å². The molecule has 0 N–H and O–H groups in total. The van der Waals surface area contributed by atoms with Crippen molar-refractivity contribution < 1.29 is 4.74 Å². The molecule has 0 heterocycles. The van der Waals surface area contributed by atoms with Crippen molar-refractivity contribution in [2.45, 2.75) is 70.6 Å². The van der Waals surface area contributed by atoms with E-state index in [2.05, 4.69) is 49.7 Å². The molecular formula is C26H32NO. The van der Waals surface area contributed by atoms with Crippen LogP contribution in [0.25, 0.3) is 11.1 Å². The lowest BCUT2D eigenvalue weighted by Gasteiger charge is -2.22. The zero-order chi connectivity index (χ0) is 19.6. The van der Waals surface area contributed by atoms with Crippen molar-refractivity contribution >= 4 is 0 Å². The third kappa shape index (κ3) is 5.61. The number of nitrogens with zero attached hydrogens (tertiary/aromatic N) is 1. The van der Waals surface area contributed by atoms with E-state index < -0.39 is 0 Å². The summed E-state index contributed by atoms with van der Waals surface area (Å²) in [5.41, 5.74) is 4.31. The van der Waals surface area contributed by atoms with Gasteiger partial charge in [-0.1, -0.05) is 62.9 Å². The van der Waals surface area contributed by atoms with E-state index in [1.807, 2.05) is 12.1 Å². The minimum atomic E-state index is 0.623. The van der Waals surface area contributed by atoms with E-state index in [1.54, 1.807) is 0 Å². The first-order valence-corrected chi connectivity index (χ1v) is 10.9. The first-order chi connectivity index (χ1) is 13.8. The third-order valence-corrected chi connectivity index (χ3v) is 5.76. The van der Waals surface area contributed by atoms with E-state index in [0.29, 0.717) is 23.8 Å². The van der Waals surface area contributed by atoms with Crippen LogP contribution in [0, 0.1) is 17.8 Å². The van der Waals surface area contributed by atoms with Crippen molar-refractivity contribution in [1.29, 1.82) is 5.26 Å². The Hall–Kier alpha value is -2.27. The molecule has 1 radical (unpaired) electrons. The minimum absolute atomic E-state index is 0.623. The molecule has 0 unspecified atom stereocenters. The molecule has 0 saturated heterocycles. The molecule has 0 atom stereocenters. The van der Waals surface area contributed by atoms with E-state index in [1.165, 1.54) is 56.9 Å². The Morgan fingerprint density at radius 3 is 2.36 bits per heavy atom. The molecule has 1 aliphatic carbocycles. The van der Waals surface area contributed by atoms with E-state index in [0.717, 1.165) is 17.5 Å². The van der Waals surface area contributed by atoms with Crippen LogP contribution < -0.4 is 4.74 Å². The molecule has 2 heteroatoms. The van der Waals surface area contributed by atoms with E-state index >= 15 is 0 Å². The topological polar surface area (TPSA) is 33.0 Å². The van der Waals surface area contributed by atoms with Gasteiger partial charge in [0.1, 0.15) is 11.8 Å². The average Bonchev–Trinajstić information content (AvgIpc) is 2.77. The second kappa shape index (κ2) is 10.9. The quantitative estimate of drug-likeness (QED) is 0.427. The Morgan fingerprint density at radius 2 is 1.64 bits per heavy atom. The zero-order valence-electron chi connectivity index (χ0n) is 17.1. The van der Waals surface area contributed by atoms with Crippen molar-refractivity contribution in [3.63, 3.8) is 0 Å². The van der Waals surface area contributed by atoms with Gasteiger partial charge in [0.2, 0.25) is 0 Å². The number of nitriles is 1. The fourth-order valence-corrected chi connectivity index (χ4v) is 4.02. The van der Waals surface area contributed by atoms with Gasteiger partial charge in [-0.2, -0.15) is 5.26 Å². The normalized spacial score (nSPS) is 14.6. The summed E-state index contributed by atoms with van der Waals surface area (Å²) in [4.78, 5) is 0. The lowest BCUT2D eigenvalue weighted by atomic mass is 9.83. The first kappa shape index (κ1) is 20.5. The van der Waals surface area contributed by atoms with Crippen molar-refractivity contribution in [2.24, 2.45) is 0 Å². The van der Waals surface area contributed by atoms with Crippen LogP contribution in [-0.2, 0) is 0 Å². The molecule has 1 aliphatic rings. The number of unbranched alkanes of at least 4 members (excludes halogenated alkanes) is 4. The monoisotopic (exact) mass is 374 g/mol. The summed E-state index contributed by atoms with van der Waals surface area (Å²) in [6.45, 7) is 2.91. The Kier molecular flexibility index (Phi) is 7.97. The van der Waals surface area contributed by atoms with Gasteiger partial charge >= 0.3 is 0 Å². The van der Waals surface area contributed by atoms with Crippen LogP contribution in [0.2, 0.25) is 0 Å². The zero-order valence-corrected chi connectivity index (χ0v) is 17.1. The number of rotatable bonds is 9. The Balaban J connectivity index is 1.62. The fourth-order valence-electron chi connectivity index (χ4n) is 4.02. The van der Waals surface area contributed by atoms with Crippen LogP contribution in [-0.4, -0.2) is 6.61 Å². The highest BCUT2D eigenvalue weighted by atomic mass is 16.5. The van der Waals surface area contributed by atoms with Gasteiger partial charge in [-0.3, -0.25) is 0 Å². The fraction of sp³-hybridized carbons (Fsp3) is 0.462. The van der Waals surface area contributed by atoms with E-state index in [4.69, 9.17) is 4.74 Å². The van der Waals surface area contributed by atoms with Gasteiger partial charge in [0.05, 0.1) is 12.2 Å². The lowest BCUT2D eigenvalue weighted by molar-refractivity contribution is 0.304. The highest BCUT2D eigenvalue weighted by Crippen LogP contribution is 2.34. The molecule has 1 fully saturated rings. The molecule has 0 aromatic heterocycles. The second-order valence-corrected chi connectivity index (χ2v) is 7.85. The minimum Gasteiger partial charge on any atom is -0.492 e. The standard InChI is InChI=1S/C26H32NO/c1-2-3-4-5-9-18-28-26-17-16-24(19-25(26)20-27)23-14-12-22(13-15-23)21-10-7-6-8-11-21/h6,12-17,19,21H,2-5,7-11,18H2,1H3. The SMILES string of the molecule is CCCCCCCOc1ccc(-c2ccc(C3CC[CH]CC3)cc2)cc1C#N. The van der Waals surface area contributed by atoms with Gasteiger partial charge in [-0.05, 0) is 73.3 Å². The van der Waals surface area contributed by atoms with Crippen molar-refractivity contribution in [1.82, 2.24) is 0 Å². The highest BCUT2D eigenvalue weighted by Gasteiger charge is 2.15. The molecule has 147 valence electrons. The van der Waals surface area contributed by atoms with Crippen LogP contribution in [0.1, 0.15) is 81.8 Å². The number of ether oxygens (including phenoxy) is 1. The molecule has 2 aromatic carbocycles. The summed E-state index contributed by atoms with van der Waals surface area (Å²) in [5.74, 6) is 1.40. The summed E-state index contributed by atoms with van der Waals surface area (Å²) in [6, 6.07) is 17.2. The van der Waals surface area contributed by atoms with Gasteiger partial charge in [-0.25, -0.2) is 0 Å². The number of hydrogen-bond acceptors (Lipinski definition) is 2. The van der Waals surface area contributed by atoms with Crippen molar-refractivity contribution in [3.05, 3.63) is 60.0 Å². The highest BCUT2D eigenvalue weighted by molar-refractivity contribution is 5.67. The van der Waals surface area contributed by atoms with Crippen LogP contribution in [0.4, 0.5) is 0 Å². The number of hydrogen-bond donors (Lipinski definition) is 0. The first-order valence-electron chi connectivity index (χ1n) is 10.9. The van der Waals surface area contributed by atoms with Gasteiger partial charge in [0.15, 0.2) is 0 Å². The Bertz CT molecular complexity index is 766. The summed E-state index contributed by atoms with van der Waals surface area (Å²) in [6.07, 6.45) is 13.5. The predicted molar refractivity (Wildman–Crippen MR) is 116 cm³/mol. The maximum absolute atomic E-state index is 9.54. The molecule has 0 amide bonds. The van der Waals surface area contributed by atoms with Crippen molar-refractivity contribution in [3.8, 4) is 22.9 Å². The summed E-state index contributed by atoms with van der Waals surface area (Å²) in [5, 5.41) is 9.54. The molecule has 0 bridgehead atoms. The average molecular weight is 375 g/mol. The maximum atomic E-state index is 9.54. The summed E-state index contributed by atoms with van der Waals surface area (Å²) in [7, 11) is 0. The van der Waals surface area contributed by atoms with Crippen LogP contribution in [0.3, 0.4) is 0 Å². The molecule has 0 spiro atoms. The van der Waals surface area contributed by atoms with Gasteiger partial charge < -0.3 is 4.74 Å². The van der Waals surface area contributed by atoms with Gasteiger partial charge in [0.25, 0.3) is 0 Å². The largest absolute Gasteiger partial charge is 0.492 e. The number of benzene rings is 2. The molecule has 2 nitrogen and oxygen atoms in total.